The van der Waals surface area contributed by atoms with Gasteiger partial charge in [-0.05, 0) is 35.4 Å². The summed E-state index contributed by atoms with van der Waals surface area (Å²) in [4.78, 5) is 0. The lowest BCUT2D eigenvalue weighted by Crippen LogP contribution is -1.98. The SMILES string of the molecule is CC1=CC(N)=CCC(c2nnnn2C)=C1. The van der Waals surface area contributed by atoms with Crippen LogP contribution in [0.3, 0.4) is 0 Å². The molecule has 0 unspecified atom stereocenters. The second kappa shape index (κ2) is 3.68. The van der Waals surface area contributed by atoms with Crippen molar-refractivity contribution < 1.29 is 0 Å². The number of nitrogens with zero attached hydrogens (tertiary/aromatic N) is 4. The molecule has 5 nitrogen and oxygen atoms in total. The Kier molecular flexibility index (Phi) is 2.37. The second-order valence-corrected chi connectivity index (χ2v) is 3.59. The maximum Gasteiger partial charge on any atom is 0.177 e. The van der Waals surface area contributed by atoms with Crippen LogP contribution >= 0.6 is 0 Å². The molecule has 0 fully saturated rings. The first kappa shape index (κ1) is 9.64. The third-order valence-electron chi connectivity index (χ3n) is 2.26. The Morgan fingerprint density at radius 3 is 2.87 bits per heavy atom. The van der Waals surface area contributed by atoms with E-state index in [0.29, 0.717) is 0 Å². The fourth-order valence-corrected chi connectivity index (χ4v) is 1.58. The van der Waals surface area contributed by atoms with Crippen molar-refractivity contribution in [2.24, 2.45) is 12.8 Å². The van der Waals surface area contributed by atoms with Crippen LogP contribution in [0.5, 0.6) is 0 Å². The zero-order valence-electron chi connectivity index (χ0n) is 8.81. The molecule has 15 heavy (non-hydrogen) atoms. The molecular weight excluding hydrogens is 190 g/mol. The fraction of sp³-hybridized carbons (Fsp3) is 0.300. The van der Waals surface area contributed by atoms with Gasteiger partial charge in [0.2, 0.25) is 0 Å². The Bertz CT molecular complexity index is 464. The molecule has 1 aliphatic carbocycles. The Hall–Kier alpha value is -1.91. The maximum atomic E-state index is 5.77. The third kappa shape index (κ3) is 1.96. The van der Waals surface area contributed by atoms with Crippen LogP contribution in [0.15, 0.2) is 29.5 Å². The molecule has 0 aliphatic heterocycles. The zero-order valence-corrected chi connectivity index (χ0v) is 8.81. The van der Waals surface area contributed by atoms with Gasteiger partial charge in [0.05, 0.1) is 0 Å². The van der Waals surface area contributed by atoms with Crippen molar-refractivity contribution in [1.29, 1.82) is 0 Å². The van der Waals surface area contributed by atoms with E-state index < -0.39 is 0 Å². The number of tetrazole rings is 1. The van der Waals surface area contributed by atoms with Crippen molar-refractivity contribution in [1.82, 2.24) is 20.2 Å². The van der Waals surface area contributed by atoms with Gasteiger partial charge >= 0.3 is 0 Å². The van der Waals surface area contributed by atoms with Crippen LogP contribution in [0.25, 0.3) is 5.57 Å². The van der Waals surface area contributed by atoms with Gasteiger partial charge in [-0.1, -0.05) is 12.2 Å². The molecule has 5 heteroatoms. The van der Waals surface area contributed by atoms with Crippen molar-refractivity contribution in [2.45, 2.75) is 13.3 Å². The van der Waals surface area contributed by atoms with E-state index in [1.54, 1.807) is 4.68 Å². The van der Waals surface area contributed by atoms with Gasteiger partial charge in [0.15, 0.2) is 5.82 Å². The highest BCUT2D eigenvalue weighted by Crippen LogP contribution is 2.21. The van der Waals surface area contributed by atoms with Crippen molar-refractivity contribution in [3.05, 3.63) is 35.3 Å². The summed E-state index contributed by atoms with van der Waals surface area (Å²) in [5.41, 5.74) is 8.75. The predicted octanol–water partition coefficient (Wildman–Crippen LogP) is 0.786. The van der Waals surface area contributed by atoms with E-state index in [0.717, 1.165) is 29.1 Å². The van der Waals surface area contributed by atoms with E-state index in [1.165, 1.54) is 0 Å². The Morgan fingerprint density at radius 2 is 2.20 bits per heavy atom. The molecule has 1 aromatic rings. The molecular formula is C10H13N5. The number of allylic oxidation sites excluding steroid dienone is 5. The summed E-state index contributed by atoms with van der Waals surface area (Å²) >= 11 is 0. The average molecular weight is 203 g/mol. The molecule has 1 aromatic heterocycles. The van der Waals surface area contributed by atoms with Crippen LogP contribution in [0.1, 0.15) is 19.2 Å². The average Bonchev–Trinajstić information content (AvgIpc) is 2.51. The minimum Gasteiger partial charge on any atom is -0.399 e. The van der Waals surface area contributed by atoms with E-state index in [-0.39, 0.29) is 0 Å². The van der Waals surface area contributed by atoms with Gasteiger partial charge in [-0.15, -0.1) is 5.10 Å². The first-order valence-electron chi connectivity index (χ1n) is 4.74. The standard InChI is InChI=1S/C10H13N5/c1-7-5-8(3-4-9(11)6-7)10-12-13-14-15(10)2/h4-6H,3,11H2,1-2H3. The number of aryl methyl sites for hydroxylation is 1. The van der Waals surface area contributed by atoms with Crippen LogP contribution in [0.4, 0.5) is 0 Å². The molecule has 1 heterocycles. The summed E-state index contributed by atoms with van der Waals surface area (Å²) in [6, 6.07) is 0. The zero-order chi connectivity index (χ0) is 10.8. The summed E-state index contributed by atoms with van der Waals surface area (Å²) in [5, 5.41) is 11.4. The third-order valence-corrected chi connectivity index (χ3v) is 2.26. The highest BCUT2D eigenvalue weighted by Gasteiger charge is 2.10. The predicted molar refractivity (Wildman–Crippen MR) is 57.4 cm³/mol. The number of aromatic nitrogens is 4. The number of hydrogen-bond donors (Lipinski definition) is 1. The highest BCUT2D eigenvalue weighted by atomic mass is 15.5. The monoisotopic (exact) mass is 203 g/mol. The largest absolute Gasteiger partial charge is 0.399 e. The van der Waals surface area contributed by atoms with Crippen molar-refractivity contribution >= 4 is 5.57 Å². The van der Waals surface area contributed by atoms with Gasteiger partial charge < -0.3 is 5.73 Å². The van der Waals surface area contributed by atoms with E-state index >= 15 is 0 Å². The van der Waals surface area contributed by atoms with E-state index in [4.69, 9.17) is 5.73 Å². The van der Waals surface area contributed by atoms with E-state index in [2.05, 4.69) is 21.6 Å². The van der Waals surface area contributed by atoms with Gasteiger partial charge in [0.1, 0.15) is 0 Å². The number of hydrogen-bond acceptors (Lipinski definition) is 4. The first-order valence-corrected chi connectivity index (χ1v) is 4.74. The van der Waals surface area contributed by atoms with Gasteiger partial charge in [-0.2, -0.15) is 0 Å². The Morgan fingerprint density at radius 1 is 1.40 bits per heavy atom. The van der Waals surface area contributed by atoms with Gasteiger partial charge in [-0.25, -0.2) is 4.68 Å². The summed E-state index contributed by atoms with van der Waals surface area (Å²) in [7, 11) is 1.83. The molecule has 78 valence electrons. The summed E-state index contributed by atoms with van der Waals surface area (Å²) in [6.45, 7) is 2.01. The molecule has 1 aliphatic rings. The molecule has 2 N–H and O–H groups in total. The maximum absolute atomic E-state index is 5.77. The minimum absolute atomic E-state index is 0.758. The lowest BCUT2D eigenvalue weighted by atomic mass is 10.1. The van der Waals surface area contributed by atoms with Crippen LogP contribution in [-0.2, 0) is 7.05 Å². The Balaban J connectivity index is 2.41. The smallest absolute Gasteiger partial charge is 0.177 e. The quantitative estimate of drug-likeness (QED) is 0.732. The molecule has 0 saturated heterocycles. The molecule has 0 aromatic carbocycles. The highest BCUT2D eigenvalue weighted by molar-refractivity contribution is 5.65. The molecule has 0 bridgehead atoms. The summed E-state index contributed by atoms with van der Waals surface area (Å²) in [6.07, 6.45) is 6.73. The van der Waals surface area contributed by atoms with E-state index in [1.807, 2.05) is 26.1 Å². The van der Waals surface area contributed by atoms with Crippen molar-refractivity contribution in [3.63, 3.8) is 0 Å². The van der Waals surface area contributed by atoms with Crippen molar-refractivity contribution in [2.75, 3.05) is 0 Å². The second-order valence-electron chi connectivity index (χ2n) is 3.59. The fourth-order valence-electron chi connectivity index (χ4n) is 1.58. The molecule has 2 rings (SSSR count). The topological polar surface area (TPSA) is 69.6 Å². The number of nitrogens with two attached hydrogens (primary N) is 1. The van der Waals surface area contributed by atoms with Gasteiger partial charge in [-0.3, -0.25) is 0 Å². The first-order chi connectivity index (χ1) is 7.16. The normalized spacial score (nSPS) is 16.5. The van der Waals surface area contributed by atoms with Crippen LogP contribution in [0.2, 0.25) is 0 Å². The van der Waals surface area contributed by atoms with Crippen LogP contribution in [-0.4, -0.2) is 20.2 Å². The molecule has 0 amide bonds. The lowest BCUT2D eigenvalue weighted by Gasteiger charge is -2.01. The molecule has 0 spiro atoms. The van der Waals surface area contributed by atoms with Gasteiger partial charge in [0, 0.05) is 18.3 Å². The van der Waals surface area contributed by atoms with Crippen molar-refractivity contribution in [3.8, 4) is 0 Å². The molecule has 0 saturated carbocycles. The Labute approximate surface area is 88.0 Å². The number of rotatable bonds is 1. The van der Waals surface area contributed by atoms with Crippen LogP contribution < -0.4 is 5.73 Å². The lowest BCUT2D eigenvalue weighted by molar-refractivity contribution is 0.704. The van der Waals surface area contributed by atoms with E-state index in [9.17, 15) is 0 Å². The van der Waals surface area contributed by atoms with Gasteiger partial charge in [0.25, 0.3) is 0 Å². The minimum atomic E-state index is 0.758. The summed E-state index contributed by atoms with van der Waals surface area (Å²) < 4.78 is 1.66. The summed E-state index contributed by atoms with van der Waals surface area (Å²) in [5.74, 6) is 0.786. The van der Waals surface area contributed by atoms with Crippen LogP contribution in [0, 0.1) is 0 Å². The molecule has 0 atom stereocenters. The molecule has 0 radical (unpaired) electrons.